The summed E-state index contributed by atoms with van der Waals surface area (Å²) in [4.78, 5) is 0. The van der Waals surface area contributed by atoms with E-state index in [-0.39, 0.29) is 17.1 Å². The van der Waals surface area contributed by atoms with Crippen LogP contribution in [-0.2, 0) is 15.8 Å². The van der Waals surface area contributed by atoms with E-state index in [9.17, 15) is 5.11 Å². The quantitative estimate of drug-likeness (QED) is 0.762. The third-order valence-corrected chi connectivity index (χ3v) is 4.70. The second-order valence-corrected chi connectivity index (χ2v) is 6.42. The lowest BCUT2D eigenvalue weighted by molar-refractivity contribution is -0.135. The average molecular weight is 246 g/mol. The Morgan fingerprint density at radius 3 is 2.61 bits per heavy atom. The van der Waals surface area contributed by atoms with Gasteiger partial charge in [0.2, 0.25) is 0 Å². The van der Waals surface area contributed by atoms with Gasteiger partial charge in [-0.1, -0.05) is 38.1 Å². The molecule has 2 atom stereocenters. The lowest BCUT2D eigenvalue weighted by Gasteiger charge is -2.48. The summed E-state index contributed by atoms with van der Waals surface area (Å²) in [6.07, 6.45) is 3.45. The summed E-state index contributed by atoms with van der Waals surface area (Å²) in [6.45, 7) is 5.28. The van der Waals surface area contributed by atoms with Gasteiger partial charge in [-0.25, -0.2) is 0 Å². The number of aliphatic hydroxyl groups excluding tert-OH is 1. The third-order valence-electron chi connectivity index (χ3n) is 4.70. The fourth-order valence-corrected chi connectivity index (χ4v) is 3.55. The molecule has 1 aliphatic carbocycles. The molecule has 0 radical (unpaired) electrons. The Labute approximate surface area is 109 Å². The molecule has 2 unspecified atom stereocenters. The van der Waals surface area contributed by atoms with Crippen LogP contribution in [0, 0.1) is 0 Å². The number of fused-ring (bicyclic) bond motifs is 2. The molecule has 2 aliphatic rings. The van der Waals surface area contributed by atoms with E-state index < -0.39 is 0 Å². The molecule has 1 heterocycles. The van der Waals surface area contributed by atoms with E-state index in [1.165, 1.54) is 11.1 Å². The first kappa shape index (κ1) is 12.2. The average Bonchev–Trinajstić information content (AvgIpc) is 2.36. The predicted octanol–water partition coefficient (Wildman–Crippen LogP) is 3.12. The van der Waals surface area contributed by atoms with Crippen molar-refractivity contribution in [3.63, 3.8) is 0 Å². The molecule has 1 N–H and O–H groups in total. The Kier molecular flexibility index (Phi) is 2.76. The number of aliphatic hydroxyl groups is 1. The second kappa shape index (κ2) is 4.07. The van der Waals surface area contributed by atoms with Gasteiger partial charge in [-0.3, -0.25) is 0 Å². The zero-order chi connectivity index (χ0) is 12.8. The molecule has 0 saturated carbocycles. The lowest BCUT2D eigenvalue weighted by atomic mass is 9.65. The number of hydrogen-bond acceptors (Lipinski definition) is 2. The highest BCUT2D eigenvalue weighted by Crippen LogP contribution is 2.50. The monoisotopic (exact) mass is 246 g/mol. The van der Waals surface area contributed by atoms with Crippen molar-refractivity contribution < 1.29 is 9.84 Å². The molecular weight excluding hydrogens is 224 g/mol. The molecule has 1 aromatic rings. The first-order valence-electron chi connectivity index (χ1n) is 6.96. The van der Waals surface area contributed by atoms with Gasteiger partial charge in [-0.05, 0) is 35.8 Å². The summed E-state index contributed by atoms with van der Waals surface area (Å²) in [6, 6.07) is 8.61. The highest BCUT2D eigenvalue weighted by atomic mass is 16.5. The van der Waals surface area contributed by atoms with Crippen LogP contribution in [-0.4, -0.2) is 17.8 Å². The van der Waals surface area contributed by atoms with Gasteiger partial charge < -0.3 is 9.84 Å². The van der Waals surface area contributed by atoms with Crippen molar-refractivity contribution in [2.75, 3.05) is 6.61 Å². The van der Waals surface area contributed by atoms with Gasteiger partial charge in [0.25, 0.3) is 0 Å². The molecule has 0 aromatic heterocycles. The van der Waals surface area contributed by atoms with Crippen molar-refractivity contribution in [3.8, 4) is 0 Å². The Morgan fingerprint density at radius 2 is 1.89 bits per heavy atom. The van der Waals surface area contributed by atoms with Crippen LogP contribution in [0.4, 0.5) is 0 Å². The molecule has 18 heavy (non-hydrogen) atoms. The maximum atomic E-state index is 10.0. The second-order valence-electron chi connectivity index (χ2n) is 6.42. The van der Waals surface area contributed by atoms with Gasteiger partial charge in [-0.2, -0.15) is 0 Å². The molecular formula is C16H22O2. The zero-order valence-electron chi connectivity index (χ0n) is 11.3. The molecule has 3 rings (SSSR count). The van der Waals surface area contributed by atoms with Crippen LogP contribution in [0.15, 0.2) is 24.3 Å². The molecule has 1 fully saturated rings. The van der Waals surface area contributed by atoms with Crippen molar-refractivity contribution in [1.82, 2.24) is 0 Å². The molecule has 0 amide bonds. The van der Waals surface area contributed by atoms with Crippen molar-refractivity contribution in [2.45, 2.75) is 56.7 Å². The smallest absolute Gasteiger partial charge is 0.0959 e. The summed E-state index contributed by atoms with van der Waals surface area (Å²) in [5.74, 6) is 0. The van der Waals surface area contributed by atoms with E-state index in [0.717, 1.165) is 25.7 Å². The van der Waals surface area contributed by atoms with Crippen LogP contribution >= 0.6 is 0 Å². The largest absolute Gasteiger partial charge is 0.393 e. The van der Waals surface area contributed by atoms with Crippen LogP contribution in [0.2, 0.25) is 0 Å². The molecule has 2 heteroatoms. The SMILES string of the molecule is CC1(C)CCC2(CC(O)CCO2)c2ccccc21. The number of hydrogen-bond donors (Lipinski definition) is 1. The van der Waals surface area contributed by atoms with Crippen molar-refractivity contribution >= 4 is 0 Å². The number of rotatable bonds is 0. The summed E-state index contributed by atoms with van der Waals surface area (Å²) >= 11 is 0. The van der Waals surface area contributed by atoms with Gasteiger partial charge in [0.05, 0.1) is 18.3 Å². The standard InChI is InChI=1S/C16H22O2/c1-15(2)8-9-16(11-12(17)7-10-18-16)14-6-4-3-5-13(14)15/h3-6,12,17H,7-11H2,1-2H3. The van der Waals surface area contributed by atoms with E-state index in [1.54, 1.807) is 0 Å². The minimum Gasteiger partial charge on any atom is -0.393 e. The van der Waals surface area contributed by atoms with Gasteiger partial charge in [0.15, 0.2) is 0 Å². The minimum atomic E-state index is -0.232. The summed E-state index contributed by atoms with van der Waals surface area (Å²) in [7, 11) is 0. The topological polar surface area (TPSA) is 29.5 Å². The van der Waals surface area contributed by atoms with Crippen LogP contribution in [0.25, 0.3) is 0 Å². The Hall–Kier alpha value is -0.860. The predicted molar refractivity (Wildman–Crippen MR) is 71.6 cm³/mol. The Bertz CT molecular complexity index is 452. The van der Waals surface area contributed by atoms with E-state index in [1.807, 2.05) is 0 Å². The normalized spacial score (nSPS) is 34.3. The van der Waals surface area contributed by atoms with Crippen molar-refractivity contribution in [2.24, 2.45) is 0 Å². The van der Waals surface area contributed by atoms with Crippen LogP contribution < -0.4 is 0 Å². The lowest BCUT2D eigenvalue weighted by Crippen LogP contribution is -2.45. The van der Waals surface area contributed by atoms with Crippen molar-refractivity contribution in [1.29, 1.82) is 0 Å². The van der Waals surface area contributed by atoms with E-state index >= 15 is 0 Å². The fraction of sp³-hybridized carbons (Fsp3) is 0.625. The summed E-state index contributed by atoms with van der Waals surface area (Å²) in [5.41, 5.74) is 2.68. The minimum absolute atomic E-state index is 0.215. The third kappa shape index (κ3) is 1.79. The Morgan fingerprint density at radius 1 is 1.17 bits per heavy atom. The van der Waals surface area contributed by atoms with Crippen molar-refractivity contribution in [3.05, 3.63) is 35.4 Å². The molecule has 1 saturated heterocycles. The van der Waals surface area contributed by atoms with Crippen LogP contribution in [0.5, 0.6) is 0 Å². The highest BCUT2D eigenvalue weighted by Gasteiger charge is 2.46. The van der Waals surface area contributed by atoms with Gasteiger partial charge >= 0.3 is 0 Å². The van der Waals surface area contributed by atoms with Crippen LogP contribution in [0.3, 0.4) is 0 Å². The van der Waals surface area contributed by atoms with E-state index in [2.05, 4.69) is 38.1 Å². The first-order chi connectivity index (χ1) is 8.54. The fourth-order valence-electron chi connectivity index (χ4n) is 3.55. The van der Waals surface area contributed by atoms with Gasteiger partial charge in [0.1, 0.15) is 0 Å². The zero-order valence-corrected chi connectivity index (χ0v) is 11.3. The molecule has 1 aliphatic heterocycles. The Balaban J connectivity index is 2.09. The van der Waals surface area contributed by atoms with E-state index in [4.69, 9.17) is 4.74 Å². The van der Waals surface area contributed by atoms with E-state index in [0.29, 0.717) is 6.61 Å². The highest BCUT2D eigenvalue weighted by molar-refractivity contribution is 5.40. The number of ether oxygens (including phenoxy) is 1. The molecule has 2 nitrogen and oxygen atoms in total. The van der Waals surface area contributed by atoms with Gasteiger partial charge in [-0.15, -0.1) is 0 Å². The maximum absolute atomic E-state index is 10.0. The molecule has 0 bridgehead atoms. The maximum Gasteiger partial charge on any atom is 0.0959 e. The van der Waals surface area contributed by atoms with Gasteiger partial charge in [0, 0.05) is 6.42 Å². The molecule has 1 spiro atoms. The molecule has 98 valence electrons. The number of benzene rings is 1. The summed E-state index contributed by atoms with van der Waals surface area (Å²) in [5, 5.41) is 10.0. The first-order valence-corrected chi connectivity index (χ1v) is 6.96. The molecule has 1 aromatic carbocycles. The van der Waals surface area contributed by atoms with Crippen LogP contribution in [0.1, 0.15) is 50.7 Å². The summed E-state index contributed by atoms with van der Waals surface area (Å²) < 4.78 is 6.14.